The maximum Gasteiger partial charge on any atom is 0.0466 e. The summed E-state index contributed by atoms with van der Waals surface area (Å²) in [7, 11) is 0. The Bertz CT molecular complexity index is 578. The number of hydrogen-bond acceptors (Lipinski definition) is 0. The van der Waals surface area contributed by atoms with Crippen LogP contribution < -0.4 is 0 Å². The van der Waals surface area contributed by atoms with Crippen LogP contribution in [0.5, 0.6) is 0 Å². The predicted octanol–water partition coefficient (Wildman–Crippen LogP) is 3.64. The van der Waals surface area contributed by atoms with E-state index in [1.165, 1.54) is 11.1 Å². The molecule has 71 valence electrons. The molecule has 1 N–H and O–H groups in total. The van der Waals surface area contributed by atoms with Crippen molar-refractivity contribution in [1.82, 2.24) is 4.98 Å². The van der Waals surface area contributed by atoms with Crippen molar-refractivity contribution in [2.75, 3.05) is 0 Å². The van der Waals surface area contributed by atoms with Crippen molar-refractivity contribution < 1.29 is 0 Å². The highest BCUT2D eigenvalue weighted by atomic mass is 14.7. The fourth-order valence-electron chi connectivity index (χ4n) is 1.87. The van der Waals surface area contributed by atoms with Crippen LogP contribution >= 0.6 is 0 Å². The first-order valence-electron chi connectivity index (χ1n) is 4.98. The first kappa shape index (κ1) is 8.30. The lowest BCUT2D eigenvalue weighted by molar-refractivity contribution is 1.47. The molecule has 0 saturated heterocycles. The number of H-pyrrole nitrogens is 1. The van der Waals surface area contributed by atoms with Crippen molar-refractivity contribution in [3.63, 3.8) is 0 Å². The van der Waals surface area contributed by atoms with Crippen LogP contribution in [0.2, 0.25) is 0 Å². The van der Waals surface area contributed by atoms with Crippen LogP contribution in [0.4, 0.5) is 0 Å². The average molecular weight is 192 g/mol. The van der Waals surface area contributed by atoms with Crippen LogP contribution in [0.1, 0.15) is 0 Å². The lowest BCUT2D eigenvalue weighted by Gasteiger charge is -2.02. The van der Waals surface area contributed by atoms with Crippen molar-refractivity contribution in [3.8, 4) is 11.1 Å². The number of nitrogens with one attached hydrogen (secondary N) is 1. The summed E-state index contributed by atoms with van der Waals surface area (Å²) in [6, 6.07) is 19.9. The van der Waals surface area contributed by atoms with E-state index in [0.717, 1.165) is 10.9 Å². The van der Waals surface area contributed by atoms with Crippen molar-refractivity contribution in [3.05, 3.63) is 60.8 Å². The average Bonchev–Trinajstić information content (AvgIpc) is 2.78. The largest absolute Gasteiger partial charge is 0.361 e. The third-order valence-corrected chi connectivity index (χ3v) is 2.59. The molecule has 0 atom stereocenters. The Morgan fingerprint density at radius 3 is 2.60 bits per heavy atom. The van der Waals surface area contributed by atoms with Gasteiger partial charge >= 0.3 is 0 Å². The fourth-order valence-corrected chi connectivity index (χ4v) is 1.87. The molecular weight excluding hydrogens is 182 g/mol. The maximum atomic E-state index is 3.23. The summed E-state index contributed by atoms with van der Waals surface area (Å²) < 4.78 is 0. The molecular formula is C14H10N. The molecule has 2 aromatic carbocycles. The lowest BCUT2D eigenvalue weighted by atomic mass is 10.0. The maximum absolute atomic E-state index is 3.23. The van der Waals surface area contributed by atoms with Crippen LogP contribution in [0.25, 0.3) is 22.0 Å². The fraction of sp³-hybridized carbons (Fsp3) is 0. The summed E-state index contributed by atoms with van der Waals surface area (Å²) in [5.74, 6) is 0. The SMILES string of the molecule is [c]1c[nH]c2cccc(-c3ccccc3)c12. The number of hydrogen-bond donors (Lipinski definition) is 1. The smallest absolute Gasteiger partial charge is 0.0466 e. The molecule has 0 spiro atoms. The van der Waals surface area contributed by atoms with Gasteiger partial charge < -0.3 is 4.98 Å². The van der Waals surface area contributed by atoms with Crippen LogP contribution in [0.3, 0.4) is 0 Å². The second kappa shape index (κ2) is 3.28. The van der Waals surface area contributed by atoms with E-state index < -0.39 is 0 Å². The molecule has 3 rings (SSSR count). The first-order chi connectivity index (χ1) is 7.45. The van der Waals surface area contributed by atoms with Gasteiger partial charge in [0.25, 0.3) is 0 Å². The first-order valence-corrected chi connectivity index (χ1v) is 4.98. The van der Waals surface area contributed by atoms with Gasteiger partial charge in [-0.3, -0.25) is 0 Å². The lowest BCUT2D eigenvalue weighted by Crippen LogP contribution is -1.77. The number of aromatic amines is 1. The minimum Gasteiger partial charge on any atom is -0.361 e. The Morgan fingerprint density at radius 2 is 1.73 bits per heavy atom. The highest BCUT2D eigenvalue weighted by molar-refractivity contribution is 5.94. The Balaban J connectivity index is 2.31. The molecule has 0 amide bonds. The van der Waals surface area contributed by atoms with E-state index in [9.17, 15) is 0 Å². The number of aromatic nitrogens is 1. The Kier molecular flexibility index (Phi) is 1.82. The highest BCUT2D eigenvalue weighted by Crippen LogP contribution is 2.27. The Hall–Kier alpha value is -2.02. The molecule has 0 aliphatic heterocycles. The summed E-state index contributed by atoms with van der Waals surface area (Å²) >= 11 is 0. The molecule has 0 fully saturated rings. The number of rotatable bonds is 1. The Labute approximate surface area is 88.4 Å². The Morgan fingerprint density at radius 1 is 0.867 bits per heavy atom. The van der Waals surface area contributed by atoms with Crippen LogP contribution in [-0.4, -0.2) is 4.98 Å². The van der Waals surface area contributed by atoms with Crippen LogP contribution in [0, 0.1) is 6.07 Å². The summed E-state index contributed by atoms with van der Waals surface area (Å²) in [6.07, 6.45) is 1.86. The van der Waals surface area contributed by atoms with Gasteiger partial charge in [-0.1, -0.05) is 42.5 Å². The summed E-state index contributed by atoms with van der Waals surface area (Å²) in [6.45, 7) is 0. The van der Waals surface area contributed by atoms with Gasteiger partial charge in [0.15, 0.2) is 0 Å². The molecule has 0 bridgehead atoms. The van der Waals surface area contributed by atoms with E-state index in [-0.39, 0.29) is 0 Å². The number of benzene rings is 2. The minimum absolute atomic E-state index is 1.14. The van der Waals surface area contributed by atoms with Gasteiger partial charge in [0, 0.05) is 23.2 Å². The van der Waals surface area contributed by atoms with Crippen molar-refractivity contribution in [2.24, 2.45) is 0 Å². The quantitative estimate of drug-likeness (QED) is 0.606. The topological polar surface area (TPSA) is 15.8 Å². The molecule has 1 radical (unpaired) electrons. The van der Waals surface area contributed by atoms with E-state index in [1.54, 1.807) is 0 Å². The van der Waals surface area contributed by atoms with Gasteiger partial charge in [0.05, 0.1) is 0 Å². The van der Waals surface area contributed by atoms with Crippen molar-refractivity contribution in [2.45, 2.75) is 0 Å². The zero-order chi connectivity index (χ0) is 10.1. The van der Waals surface area contributed by atoms with E-state index in [4.69, 9.17) is 0 Å². The van der Waals surface area contributed by atoms with Gasteiger partial charge in [-0.05, 0) is 17.2 Å². The molecule has 0 unspecified atom stereocenters. The normalized spacial score (nSPS) is 10.7. The van der Waals surface area contributed by atoms with Gasteiger partial charge in [0.2, 0.25) is 0 Å². The molecule has 15 heavy (non-hydrogen) atoms. The van der Waals surface area contributed by atoms with E-state index in [2.05, 4.69) is 53.5 Å². The van der Waals surface area contributed by atoms with E-state index in [0.29, 0.717) is 0 Å². The van der Waals surface area contributed by atoms with Crippen molar-refractivity contribution in [1.29, 1.82) is 0 Å². The molecule has 0 saturated carbocycles. The van der Waals surface area contributed by atoms with Gasteiger partial charge in [-0.2, -0.15) is 0 Å². The van der Waals surface area contributed by atoms with Gasteiger partial charge in [-0.15, -0.1) is 0 Å². The second-order valence-electron chi connectivity index (χ2n) is 3.53. The second-order valence-corrected chi connectivity index (χ2v) is 3.53. The van der Waals surface area contributed by atoms with Crippen molar-refractivity contribution >= 4 is 10.9 Å². The third-order valence-electron chi connectivity index (χ3n) is 2.59. The third kappa shape index (κ3) is 1.33. The summed E-state index contributed by atoms with van der Waals surface area (Å²) in [5.41, 5.74) is 3.60. The monoisotopic (exact) mass is 192 g/mol. The summed E-state index contributed by atoms with van der Waals surface area (Å²) in [4.78, 5) is 3.17. The predicted molar refractivity (Wildman–Crippen MR) is 62.6 cm³/mol. The molecule has 1 nitrogen and oxygen atoms in total. The molecule has 0 aliphatic rings. The van der Waals surface area contributed by atoms with Crippen LogP contribution in [0.15, 0.2) is 54.7 Å². The zero-order valence-electron chi connectivity index (χ0n) is 8.20. The number of fused-ring (bicyclic) bond motifs is 1. The van der Waals surface area contributed by atoms with E-state index >= 15 is 0 Å². The van der Waals surface area contributed by atoms with Gasteiger partial charge in [-0.25, -0.2) is 0 Å². The van der Waals surface area contributed by atoms with Gasteiger partial charge in [0.1, 0.15) is 0 Å². The molecule has 3 aromatic rings. The molecule has 1 aromatic heterocycles. The molecule has 0 aliphatic carbocycles. The van der Waals surface area contributed by atoms with E-state index in [1.807, 2.05) is 12.3 Å². The summed E-state index contributed by atoms with van der Waals surface area (Å²) in [5, 5.41) is 1.16. The van der Waals surface area contributed by atoms with Crippen LogP contribution in [-0.2, 0) is 0 Å². The highest BCUT2D eigenvalue weighted by Gasteiger charge is 2.02. The standard InChI is InChI=1S/C14H10N/c1-2-5-11(6-3-1)12-7-4-8-14-13(12)9-10-15-14/h1-8,10,15H. The molecule has 1 heteroatoms. The minimum atomic E-state index is 1.14. The molecule has 1 heterocycles. The zero-order valence-corrected chi connectivity index (χ0v) is 8.20.